The van der Waals surface area contributed by atoms with Crippen molar-refractivity contribution in [3.63, 3.8) is 0 Å². The maximum atomic E-state index is 12.2. The van der Waals surface area contributed by atoms with Crippen molar-refractivity contribution in [2.75, 3.05) is 5.73 Å². The van der Waals surface area contributed by atoms with Crippen LogP contribution in [0.5, 0.6) is 0 Å². The number of aromatic nitrogens is 1. The number of anilines is 1. The zero-order valence-corrected chi connectivity index (χ0v) is 9.65. The van der Waals surface area contributed by atoms with Crippen molar-refractivity contribution in [3.8, 4) is 0 Å². The monoisotopic (exact) mass is 218 g/mol. The Balaban J connectivity index is 2.16. The largest absolute Gasteiger partial charge is 0.397 e. The molecule has 0 bridgehead atoms. The van der Waals surface area contributed by atoms with Gasteiger partial charge in [0.05, 0.1) is 5.69 Å². The van der Waals surface area contributed by atoms with E-state index in [9.17, 15) is 4.79 Å². The van der Waals surface area contributed by atoms with E-state index >= 15 is 0 Å². The normalized spacial score (nSPS) is 25.3. The molecule has 2 unspecified atom stereocenters. The number of ketones is 1. The molecule has 3 heteroatoms. The molecule has 0 amide bonds. The number of Topliss-reactive ketones (excluding diaryl/α,β-unsaturated/α-hetero) is 1. The average Bonchev–Trinajstić information content (AvgIpc) is 2.29. The van der Waals surface area contributed by atoms with Gasteiger partial charge in [-0.25, -0.2) is 0 Å². The zero-order valence-electron chi connectivity index (χ0n) is 9.65. The first-order chi connectivity index (χ1) is 7.68. The van der Waals surface area contributed by atoms with Crippen molar-refractivity contribution in [1.82, 2.24) is 4.98 Å². The van der Waals surface area contributed by atoms with Gasteiger partial charge in [0.25, 0.3) is 0 Å². The van der Waals surface area contributed by atoms with Crippen molar-refractivity contribution in [1.29, 1.82) is 0 Å². The Kier molecular flexibility index (Phi) is 3.22. The van der Waals surface area contributed by atoms with Gasteiger partial charge in [-0.15, -0.1) is 0 Å². The third-order valence-electron chi connectivity index (χ3n) is 3.38. The van der Waals surface area contributed by atoms with Crippen LogP contribution in [0.2, 0.25) is 0 Å². The summed E-state index contributed by atoms with van der Waals surface area (Å²) in [5.41, 5.74) is 6.74. The molecule has 0 aromatic carbocycles. The Morgan fingerprint density at radius 1 is 1.50 bits per heavy atom. The van der Waals surface area contributed by atoms with Gasteiger partial charge in [0.15, 0.2) is 5.78 Å². The Morgan fingerprint density at radius 3 is 3.00 bits per heavy atom. The van der Waals surface area contributed by atoms with E-state index in [-0.39, 0.29) is 11.7 Å². The number of rotatable bonds is 2. The van der Waals surface area contributed by atoms with Crippen LogP contribution < -0.4 is 5.73 Å². The van der Waals surface area contributed by atoms with Gasteiger partial charge < -0.3 is 5.73 Å². The molecule has 2 rings (SSSR count). The number of hydrogen-bond acceptors (Lipinski definition) is 3. The molecular formula is C13H18N2O. The van der Waals surface area contributed by atoms with Gasteiger partial charge >= 0.3 is 0 Å². The minimum atomic E-state index is 0.126. The van der Waals surface area contributed by atoms with Gasteiger partial charge in [-0.2, -0.15) is 0 Å². The van der Waals surface area contributed by atoms with Gasteiger partial charge in [0.1, 0.15) is 5.69 Å². The molecule has 0 radical (unpaired) electrons. The molecule has 1 fully saturated rings. The summed E-state index contributed by atoms with van der Waals surface area (Å²) in [5, 5.41) is 0. The lowest BCUT2D eigenvalue weighted by atomic mass is 9.79. The first-order valence-corrected chi connectivity index (χ1v) is 5.93. The van der Waals surface area contributed by atoms with E-state index in [2.05, 4.69) is 11.9 Å². The topological polar surface area (TPSA) is 56.0 Å². The highest BCUT2D eigenvalue weighted by molar-refractivity contribution is 6.00. The van der Waals surface area contributed by atoms with E-state index in [0.29, 0.717) is 17.3 Å². The molecular weight excluding hydrogens is 200 g/mol. The number of carbonyl (C=O) groups excluding carboxylic acids is 1. The van der Waals surface area contributed by atoms with Crippen LogP contribution in [0.25, 0.3) is 0 Å². The number of pyridine rings is 1. The lowest BCUT2D eigenvalue weighted by molar-refractivity contribution is 0.0864. The highest BCUT2D eigenvalue weighted by Gasteiger charge is 2.27. The Bertz CT molecular complexity index is 389. The fourth-order valence-electron chi connectivity index (χ4n) is 2.49. The van der Waals surface area contributed by atoms with Crippen LogP contribution in [0, 0.1) is 11.8 Å². The van der Waals surface area contributed by atoms with Crippen molar-refractivity contribution in [2.45, 2.75) is 32.6 Å². The van der Waals surface area contributed by atoms with Crippen LogP contribution in [-0.4, -0.2) is 10.8 Å². The van der Waals surface area contributed by atoms with Gasteiger partial charge in [0, 0.05) is 12.1 Å². The van der Waals surface area contributed by atoms with Crippen LogP contribution in [0.15, 0.2) is 18.3 Å². The number of nitrogen functional groups attached to an aromatic ring is 1. The molecule has 1 aromatic heterocycles. The predicted molar refractivity (Wildman–Crippen MR) is 64.1 cm³/mol. The first kappa shape index (κ1) is 11.1. The smallest absolute Gasteiger partial charge is 0.186 e. The lowest BCUT2D eigenvalue weighted by Crippen LogP contribution is -2.23. The summed E-state index contributed by atoms with van der Waals surface area (Å²) in [6, 6.07) is 3.50. The van der Waals surface area contributed by atoms with E-state index in [1.165, 1.54) is 6.42 Å². The number of hydrogen-bond donors (Lipinski definition) is 1. The molecule has 1 heterocycles. The second kappa shape index (κ2) is 4.64. The van der Waals surface area contributed by atoms with E-state index in [1.807, 2.05) is 0 Å². The summed E-state index contributed by atoms with van der Waals surface area (Å²) in [6.45, 7) is 2.21. The Hall–Kier alpha value is -1.38. The van der Waals surface area contributed by atoms with Gasteiger partial charge in [0.2, 0.25) is 0 Å². The molecule has 16 heavy (non-hydrogen) atoms. The SMILES string of the molecule is CC1CCCC(C(=O)c2ncccc2N)C1. The maximum absolute atomic E-state index is 12.2. The molecule has 1 aromatic rings. The van der Waals surface area contributed by atoms with Gasteiger partial charge in [-0.3, -0.25) is 9.78 Å². The fraction of sp³-hybridized carbons (Fsp3) is 0.538. The van der Waals surface area contributed by atoms with Crippen LogP contribution in [0.4, 0.5) is 5.69 Å². The third-order valence-corrected chi connectivity index (χ3v) is 3.38. The average molecular weight is 218 g/mol. The summed E-state index contributed by atoms with van der Waals surface area (Å²) in [4.78, 5) is 16.3. The van der Waals surface area contributed by atoms with Crippen LogP contribution in [0.3, 0.4) is 0 Å². The second-order valence-electron chi connectivity index (χ2n) is 4.77. The molecule has 2 N–H and O–H groups in total. The van der Waals surface area contributed by atoms with Crippen LogP contribution in [-0.2, 0) is 0 Å². The summed E-state index contributed by atoms with van der Waals surface area (Å²) < 4.78 is 0. The van der Waals surface area contributed by atoms with E-state index < -0.39 is 0 Å². The van der Waals surface area contributed by atoms with E-state index in [4.69, 9.17) is 5.73 Å². The van der Waals surface area contributed by atoms with Gasteiger partial charge in [-0.1, -0.05) is 19.8 Å². The number of carbonyl (C=O) groups is 1. The standard InChI is InChI=1S/C13H18N2O/c1-9-4-2-5-10(8-9)13(16)12-11(14)6-3-7-15-12/h3,6-7,9-10H,2,4-5,8,14H2,1H3. The second-order valence-corrected chi connectivity index (χ2v) is 4.77. The minimum absolute atomic E-state index is 0.126. The molecule has 0 spiro atoms. The molecule has 0 aliphatic heterocycles. The number of nitrogens with two attached hydrogens (primary N) is 1. The maximum Gasteiger partial charge on any atom is 0.186 e. The molecule has 0 saturated heterocycles. The molecule has 1 aliphatic carbocycles. The predicted octanol–water partition coefficient (Wildman–Crippen LogP) is 2.67. The first-order valence-electron chi connectivity index (χ1n) is 5.93. The highest BCUT2D eigenvalue weighted by Crippen LogP contribution is 2.31. The van der Waals surface area contributed by atoms with Crippen molar-refractivity contribution < 1.29 is 4.79 Å². The summed E-state index contributed by atoms with van der Waals surface area (Å²) in [5.74, 6) is 0.901. The molecule has 2 atom stereocenters. The van der Waals surface area contributed by atoms with Crippen LogP contribution >= 0.6 is 0 Å². The highest BCUT2D eigenvalue weighted by atomic mass is 16.1. The number of nitrogens with zero attached hydrogens (tertiary/aromatic N) is 1. The third kappa shape index (κ3) is 2.23. The lowest BCUT2D eigenvalue weighted by Gasteiger charge is -2.25. The Morgan fingerprint density at radius 2 is 2.31 bits per heavy atom. The molecule has 3 nitrogen and oxygen atoms in total. The Labute approximate surface area is 96.1 Å². The summed E-state index contributed by atoms with van der Waals surface area (Å²) >= 11 is 0. The minimum Gasteiger partial charge on any atom is -0.397 e. The summed E-state index contributed by atoms with van der Waals surface area (Å²) in [7, 11) is 0. The quantitative estimate of drug-likeness (QED) is 0.776. The molecule has 1 aliphatic rings. The van der Waals surface area contributed by atoms with E-state index in [1.54, 1.807) is 18.3 Å². The van der Waals surface area contributed by atoms with Crippen molar-refractivity contribution in [2.24, 2.45) is 11.8 Å². The van der Waals surface area contributed by atoms with Gasteiger partial charge in [-0.05, 0) is 30.9 Å². The summed E-state index contributed by atoms with van der Waals surface area (Å²) in [6.07, 6.45) is 5.98. The van der Waals surface area contributed by atoms with Crippen molar-refractivity contribution in [3.05, 3.63) is 24.0 Å². The molecule has 1 saturated carbocycles. The molecule has 86 valence electrons. The van der Waals surface area contributed by atoms with E-state index in [0.717, 1.165) is 19.3 Å². The van der Waals surface area contributed by atoms with Crippen LogP contribution in [0.1, 0.15) is 43.1 Å². The fourth-order valence-corrected chi connectivity index (χ4v) is 2.49. The zero-order chi connectivity index (χ0) is 11.5. The van der Waals surface area contributed by atoms with Crippen molar-refractivity contribution >= 4 is 11.5 Å².